The average Bonchev–Trinajstić information content (AvgIpc) is 3.56. The van der Waals surface area contributed by atoms with Crippen LogP contribution < -0.4 is 4.72 Å². The number of ketones is 1. The smallest absolute Gasteiger partial charge is 0.214 e. The predicted octanol–water partition coefficient (Wildman–Crippen LogP) is 5.94. The van der Waals surface area contributed by atoms with Gasteiger partial charge < -0.3 is 4.84 Å². The van der Waals surface area contributed by atoms with Gasteiger partial charge in [-0.3, -0.25) is 4.79 Å². The molecule has 2 aliphatic rings. The van der Waals surface area contributed by atoms with E-state index in [1.807, 2.05) is 60.6 Å². The van der Waals surface area contributed by atoms with Gasteiger partial charge in [0.2, 0.25) is 10.0 Å². The number of hydrogen-bond donors (Lipinski definition) is 1. The molecule has 0 amide bonds. The lowest BCUT2D eigenvalue weighted by molar-refractivity contribution is -0.119. The maximum absolute atomic E-state index is 11.1. The lowest BCUT2D eigenvalue weighted by Gasteiger charge is -2.16. The van der Waals surface area contributed by atoms with E-state index in [1.54, 1.807) is 6.92 Å². The van der Waals surface area contributed by atoms with Crippen molar-refractivity contribution in [3.63, 3.8) is 0 Å². The Balaban J connectivity index is 0.000000226. The molecule has 7 heteroatoms. The van der Waals surface area contributed by atoms with E-state index in [-0.39, 0.29) is 28.6 Å². The molecule has 2 aromatic carbocycles. The minimum Gasteiger partial charge on any atom is -0.390 e. The fraction of sp³-hybridized carbons (Fsp3) is 0.500. The molecule has 6 nitrogen and oxygen atoms in total. The topological polar surface area (TPSA) is 84.8 Å². The first kappa shape index (κ1) is 28.7. The van der Waals surface area contributed by atoms with Crippen molar-refractivity contribution in [1.29, 1.82) is 0 Å². The van der Waals surface area contributed by atoms with Crippen LogP contribution >= 0.6 is 0 Å². The van der Waals surface area contributed by atoms with E-state index in [9.17, 15) is 13.2 Å². The van der Waals surface area contributed by atoms with Gasteiger partial charge in [-0.25, -0.2) is 13.1 Å². The molecule has 0 radical (unpaired) electrons. The summed E-state index contributed by atoms with van der Waals surface area (Å²) < 4.78 is 24.7. The molecule has 192 valence electrons. The predicted molar refractivity (Wildman–Crippen MR) is 144 cm³/mol. The third kappa shape index (κ3) is 8.89. The minimum atomic E-state index is -2.94. The molecule has 0 unspecified atom stereocenters. The van der Waals surface area contributed by atoms with E-state index in [4.69, 9.17) is 4.84 Å². The molecule has 4 rings (SSSR count). The van der Waals surface area contributed by atoms with Gasteiger partial charge in [0.05, 0.1) is 5.25 Å². The first-order valence-corrected chi connectivity index (χ1v) is 13.7. The molecular formula is C28H40N2O4S. The Kier molecular flexibility index (Phi) is 9.81. The molecule has 0 aliphatic heterocycles. The zero-order valence-corrected chi connectivity index (χ0v) is 23.1. The van der Waals surface area contributed by atoms with Gasteiger partial charge in [0.1, 0.15) is 17.1 Å². The van der Waals surface area contributed by atoms with Crippen LogP contribution in [0.5, 0.6) is 0 Å². The second-order valence-electron chi connectivity index (χ2n) is 10.5. The summed E-state index contributed by atoms with van der Waals surface area (Å²) in [6.07, 6.45) is 1.67. The molecule has 0 bridgehead atoms. The first-order valence-electron chi connectivity index (χ1n) is 12.2. The SMILES string of the molecule is CC(=O)C(C)C.CC(C)(C)ON=C1c2ccccc2-c2ccccc21.CC(C)NS(=O)(=O)C1CC1. The largest absolute Gasteiger partial charge is 0.390 e. The number of hydrogen-bond acceptors (Lipinski definition) is 5. The van der Waals surface area contributed by atoms with Crippen molar-refractivity contribution in [2.75, 3.05) is 0 Å². The van der Waals surface area contributed by atoms with Gasteiger partial charge in [-0.1, -0.05) is 67.5 Å². The van der Waals surface area contributed by atoms with E-state index in [2.05, 4.69) is 46.3 Å². The second kappa shape index (κ2) is 12.0. The van der Waals surface area contributed by atoms with Gasteiger partial charge >= 0.3 is 0 Å². The van der Waals surface area contributed by atoms with Crippen LogP contribution in [0.25, 0.3) is 11.1 Å². The normalized spacial score (nSPS) is 14.3. The summed E-state index contributed by atoms with van der Waals surface area (Å²) in [7, 11) is -2.94. The van der Waals surface area contributed by atoms with Crippen LogP contribution in [0.4, 0.5) is 0 Å². The lowest BCUT2D eigenvalue weighted by Crippen LogP contribution is -2.32. The van der Waals surface area contributed by atoms with Crippen molar-refractivity contribution in [2.45, 2.75) is 85.1 Å². The van der Waals surface area contributed by atoms with E-state index in [0.717, 1.165) is 29.7 Å². The molecule has 0 spiro atoms. The molecule has 0 aromatic heterocycles. The van der Waals surface area contributed by atoms with Gasteiger partial charge in [-0.05, 0) is 65.5 Å². The number of Topliss-reactive ketones (excluding diaryl/α,β-unsaturated/α-hetero) is 1. The van der Waals surface area contributed by atoms with Crippen LogP contribution in [-0.2, 0) is 19.7 Å². The van der Waals surface area contributed by atoms with Crippen LogP contribution in [0.1, 0.15) is 79.4 Å². The van der Waals surface area contributed by atoms with E-state index in [1.165, 1.54) is 11.1 Å². The summed E-state index contributed by atoms with van der Waals surface area (Å²) in [4.78, 5) is 15.8. The van der Waals surface area contributed by atoms with Crippen molar-refractivity contribution >= 4 is 21.5 Å². The molecule has 2 aromatic rings. The highest BCUT2D eigenvalue weighted by Gasteiger charge is 2.35. The molecule has 1 fully saturated rings. The van der Waals surface area contributed by atoms with Crippen LogP contribution in [0.3, 0.4) is 0 Å². The average molecular weight is 501 g/mol. The number of oxime groups is 1. The van der Waals surface area contributed by atoms with Gasteiger partial charge in [-0.15, -0.1) is 0 Å². The number of sulfonamides is 1. The Labute approximate surface area is 211 Å². The Morgan fingerprint density at radius 1 is 0.914 bits per heavy atom. The Morgan fingerprint density at radius 2 is 1.31 bits per heavy atom. The highest BCUT2D eigenvalue weighted by atomic mass is 32.2. The molecule has 0 atom stereocenters. The molecule has 0 heterocycles. The fourth-order valence-corrected chi connectivity index (χ4v) is 4.68. The van der Waals surface area contributed by atoms with Crippen LogP contribution in [0.2, 0.25) is 0 Å². The Morgan fingerprint density at radius 3 is 1.63 bits per heavy atom. The number of rotatable bonds is 5. The number of carbonyl (C=O) groups is 1. The summed E-state index contributed by atoms with van der Waals surface area (Å²) in [5, 5.41) is 4.31. The monoisotopic (exact) mass is 500 g/mol. The van der Waals surface area contributed by atoms with E-state index in [0.29, 0.717) is 0 Å². The van der Waals surface area contributed by atoms with Crippen molar-refractivity contribution in [2.24, 2.45) is 11.1 Å². The van der Waals surface area contributed by atoms with Crippen LogP contribution in [0, 0.1) is 5.92 Å². The van der Waals surface area contributed by atoms with Crippen molar-refractivity contribution < 1.29 is 18.0 Å². The molecule has 0 saturated heterocycles. The van der Waals surface area contributed by atoms with Crippen molar-refractivity contribution in [3.05, 3.63) is 59.7 Å². The molecule has 1 saturated carbocycles. The van der Waals surface area contributed by atoms with Crippen molar-refractivity contribution in [1.82, 2.24) is 4.72 Å². The van der Waals surface area contributed by atoms with E-state index < -0.39 is 10.0 Å². The Hall–Kier alpha value is -2.51. The third-order valence-corrected chi connectivity index (χ3v) is 7.39. The lowest BCUT2D eigenvalue weighted by atomic mass is 10.1. The zero-order chi connectivity index (χ0) is 26.4. The first-order chi connectivity index (χ1) is 16.2. The molecule has 35 heavy (non-hydrogen) atoms. The fourth-order valence-electron chi connectivity index (χ4n) is 3.08. The minimum absolute atomic E-state index is 0.0330. The Bertz CT molecular complexity index is 1090. The number of nitrogens with one attached hydrogen (secondary N) is 1. The van der Waals surface area contributed by atoms with Gasteiger partial charge in [0.15, 0.2) is 0 Å². The molecule has 2 aliphatic carbocycles. The third-order valence-electron chi connectivity index (χ3n) is 5.24. The summed E-state index contributed by atoms with van der Waals surface area (Å²) in [6, 6.07) is 16.7. The van der Waals surface area contributed by atoms with Crippen LogP contribution in [0.15, 0.2) is 53.7 Å². The molecular weight excluding hydrogens is 460 g/mol. The summed E-state index contributed by atoms with van der Waals surface area (Å²) in [5.41, 5.74) is 5.41. The highest BCUT2D eigenvalue weighted by molar-refractivity contribution is 7.90. The maximum atomic E-state index is 11.1. The van der Waals surface area contributed by atoms with Crippen molar-refractivity contribution in [3.8, 4) is 11.1 Å². The summed E-state index contributed by atoms with van der Waals surface area (Å²) >= 11 is 0. The summed E-state index contributed by atoms with van der Waals surface area (Å²) in [5.74, 6) is 0.472. The number of carbonyl (C=O) groups excluding carboxylic acids is 1. The number of benzene rings is 2. The van der Waals surface area contributed by atoms with Gasteiger partial charge in [0, 0.05) is 23.1 Å². The number of nitrogens with zero attached hydrogens (tertiary/aromatic N) is 1. The standard InChI is InChI=1S/C17H17NO.C6H13NO2S.C5H10O/c1-17(2,3)19-18-16-14-10-6-4-8-12(14)13-9-5-7-11-15(13)16;1-5(2)7-10(8,9)6-3-4-6;1-4(2)5(3)6/h4-11H,1-3H3;5-7H,3-4H2,1-2H3;4H,1-3H3. The number of fused-ring (bicyclic) bond motifs is 3. The van der Waals surface area contributed by atoms with Gasteiger partial charge in [0.25, 0.3) is 0 Å². The zero-order valence-electron chi connectivity index (χ0n) is 22.3. The van der Waals surface area contributed by atoms with E-state index >= 15 is 0 Å². The molecule has 1 N–H and O–H groups in total. The second-order valence-corrected chi connectivity index (χ2v) is 12.5. The quantitative estimate of drug-likeness (QED) is 0.439. The highest BCUT2D eigenvalue weighted by Crippen LogP contribution is 2.36. The van der Waals surface area contributed by atoms with Gasteiger partial charge in [-0.2, -0.15) is 0 Å². The summed E-state index contributed by atoms with van der Waals surface area (Å²) in [6.45, 7) is 15.1. The maximum Gasteiger partial charge on any atom is 0.214 e. The van der Waals surface area contributed by atoms with Crippen LogP contribution in [-0.4, -0.2) is 36.8 Å².